The molecule has 4 rings (SSSR count). The lowest BCUT2D eigenvalue weighted by molar-refractivity contribution is 0.343. The van der Waals surface area contributed by atoms with E-state index in [9.17, 15) is 8.42 Å². The second kappa shape index (κ2) is 8.25. The summed E-state index contributed by atoms with van der Waals surface area (Å²) in [6, 6.07) is 21.8. The minimum absolute atomic E-state index is 0.158. The molecule has 1 aliphatic rings. The third kappa shape index (κ3) is 4.01. The lowest BCUT2D eigenvalue weighted by atomic mass is 9.90. The molecular formula is C23H24N2O2S. The van der Waals surface area contributed by atoms with E-state index in [0.717, 1.165) is 24.0 Å². The molecule has 0 bridgehead atoms. The predicted molar refractivity (Wildman–Crippen MR) is 111 cm³/mol. The van der Waals surface area contributed by atoms with Crippen molar-refractivity contribution in [1.82, 2.24) is 9.29 Å². The van der Waals surface area contributed by atoms with Gasteiger partial charge in [0.2, 0.25) is 10.0 Å². The van der Waals surface area contributed by atoms with Gasteiger partial charge < -0.3 is 0 Å². The topological polar surface area (TPSA) is 50.3 Å². The van der Waals surface area contributed by atoms with Crippen LogP contribution in [0.2, 0.25) is 0 Å². The Hall–Kier alpha value is -2.50. The quantitative estimate of drug-likeness (QED) is 0.637. The van der Waals surface area contributed by atoms with Crippen molar-refractivity contribution in [3.8, 4) is 0 Å². The van der Waals surface area contributed by atoms with Crippen molar-refractivity contribution in [2.24, 2.45) is 0 Å². The third-order valence-corrected chi connectivity index (χ3v) is 7.24. The number of nitrogens with zero attached hydrogens (tertiary/aromatic N) is 2. The molecule has 0 radical (unpaired) electrons. The van der Waals surface area contributed by atoms with Crippen molar-refractivity contribution in [3.63, 3.8) is 0 Å². The standard InChI is InChI=1S/C23H24N2O2S/c26-28(27,18-6-9-19-7-2-1-3-8-19)25-17-14-20-10-4-5-11-22(20)23(25)21-12-15-24-16-13-21/h1-5,7-8,10-13,15-16,23H,6,9,14,17-18H2. The molecule has 0 fully saturated rings. The zero-order valence-corrected chi connectivity index (χ0v) is 16.6. The first kappa shape index (κ1) is 18.8. The number of hydrogen-bond donors (Lipinski definition) is 0. The van der Waals surface area contributed by atoms with Crippen LogP contribution >= 0.6 is 0 Å². The van der Waals surface area contributed by atoms with E-state index in [-0.39, 0.29) is 11.8 Å². The Bertz CT molecular complexity index is 1020. The molecule has 0 saturated heterocycles. The highest BCUT2D eigenvalue weighted by molar-refractivity contribution is 7.89. The molecule has 5 heteroatoms. The third-order valence-electron chi connectivity index (χ3n) is 5.33. The highest BCUT2D eigenvalue weighted by Gasteiger charge is 2.35. The molecule has 0 amide bonds. The van der Waals surface area contributed by atoms with Gasteiger partial charge in [0.1, 0.15) is 0 Å². The van der Waals surface area contributed by atoms with Crippen molar-refractivity contribution >= 4 is 10.0 Å². The van der Waals surface area contributed by atoms with Gasteiger partial charge in [-0.2, -0.15) is 4.31 Å². The summed E-state index contributed by atoms with van der Waals surface area (Å²) in [6.07, 6.45) is 5.59. The number of aromatic nitrogens is 1. The summed E-state index contributed by atoms with van der Waals surface area (Å²) >= 11 is 0. The van der Waals surface area contributed by atoms with Gasteiger partial charge in [-0.25, -0.2) is 8.42 Å². The van der Waals surface area contributed by atoms with Crippen LogP contribution in [0.3, 0.4) is 0 Å². The second-order valence-corrected chi connectivity index (χ2v) is 9.19. The summed E-state index contributed by atoms with van der Waals surface area (Å²) in [5.41, 5.74) is 4.44. The van der Waals surface area contributed by atoms with Crippen LogP contribution in [-0.4, -0.2) is 30.0 Å². The summed E-state index contributed by atoms with van der Waals surface area (Å²) < 4.78 is 28.2. The molecule has 1 aromatic heterocycles. The first-order valence-corrected chi connectivity index (χ1v) is 11.3. The Labute approximate surface area is 166 Å². The van der Waals surface area contributed by atoms with Crippen molar-refractivity contribution in [2.45, 2.75) is 25.3 Å². The second-order valence-electron chi connectivity index (χ2n) is 7.15. The van der Waals surface area contributed by atoms with Crippen LogP contribution in [0.15, 0.2) is 79.1 Å². The maximum Gasteiger partial charge on any atom is 0.214 e. The van der Waals surface area contributed by atoms with Gasteiger partial charge in [0.15, 0.2) is 0 Å². The highest BCUT2D eigenvalue weighted by Crippen LogP contribution is 2.36. The van der Waals surface area contributed by atoms with E-state index < -0.39 is 10.0 Å². The van der Waals surface area contributed by atoms with Crippen molar-refractivity contribution < 1.29 is 8.42 Å². The molecule has 1 aliphatic heterocycles. The van der Waals surface area contributed by atoms with Crippen LogP contribution in [0.25, 0.3) is 0 Å². The van der Waals surface area contributed by atoms with E-state index >= 15 is 0 Å². The van der Waals surface area contributed by atoms with Crippen LogP contribution in [0, 0.1) is 0 Å². The van der Waals surface area contributed by atoms with Gasteiger partial charge in [0, 0.05) is 18.9 Å². The fourth-order valence-electron chi connectivity index (χ4n) is 3.96. The minimum atomic E-state index is -3.38. The summed E-state index contributed by atoms with van der Waals surface area (Å²) in [5.74, 6) is 0.158. The van der Waals surface area contributed by atoms with Gasteiger partial charge >= 0.3 is 0 Å². The minimum Gasteiger partial charge on any atom is -0.265 e. The van der Waals surface area contributed by atoms with Gasteiger partial charge in [0.05, 0.1) is 11.8 Å². The summed E-state index contributed by atoms with van der Waals surface area (Å²) in [4.78, 5) is 4.10. The first-order chi connectivity index (χ1) is 13.6. The van der Waals surface area contributed by atoms with Crippen LogP contribution < -0.4 is 0 Å². The van der Waals surface area contributed by atoms with E-state index in [4.69, 9.17) is 0 Å². The molecule has 0 saturated carbocycles. The smallest absolute Gasteiger partial charge is 0.214 e. The molecule has 0 spiro atoms. The molecule has 1 atom stereocenters. The number of hydrogen-bond acceptors (Lipinski definition) is 3. The molecule has 4 nitrogen and oxygen atoms in total. The Kier molecular flexibility index (Phi) is 5.55. The Morgan fingerprint density at radius 2 is 1.64 bits per heavy atom. The fraction of sp³-hybridized carbons (Fsp3) is 0.261. The fourth-order valence-corrected chi connectivity index (χ4v) is 5.62. The van der Waals surface area contributed by atoms with Crippen molar-refractivity contribution in [1.29, 1.82) is 0 Å². The van der Waals surface area contributed by atoms with Crippen LogP contribution in [0.1, 0.15) is 34.7 Å². The molecule has 144 valence electrons. The summed E-state index contributed by atoms with van der Waals surface area (Å²) in [7, 11) is -3.38. The molecule has 0 aliphatic carbocycles. The molecule has 2 aromatic carbocycles. The Morgan fingerprint density at radius 3 is 2.43 bits per heavy atom. The van der Waals surface area contributed by atoms with Crippen LogP contribution in [0.5, 0.6) is 0 Å². The molecule has 0 N–H and O–H groups in total. The molecule has 3 aromatic rings. The van der Waals surface area contributed by atoms with E-state index in [2.05, 4.69) is 11.1 Å². The maximum atomic E-state index is 13.3. The zero-order chi connectivity index (χ0) is 19.4. The number of aryl methyl sites for hydroxylation is 1. The monoisotopic (exact) mass is 392 g/mol. The van der Waals surface area contributed by atoms with Gasteiger partial charge in [-0.05, 0) is 53.6 Å². The molecule has 1 unspecified atom stereocenters. The highest BCUT2D eigenvalue weighted by atomic mass is 32.2. The van der Waals surface area contributed by atoms with E-state index in [1.807, 2.05) is 60.7 Å². The maximum absolute atomic E-state index is 13.3. The zero-order valence-electron chi connectivity index (χ0n) is 15.7. The van der Waals surface area contributed by atoms with Crippen LogP contribution in [-0.2, 0) is 22.9 Å². The summed E-state index contributed by atoms with van der Waals surface area (Å²) in [5, 5.41) is 0. The molecule has 28 heavy (non-hydrogen) atoms. The number of fused-ring (bicyclic) bond motifs is 1. The van der Waals surface area contributed by atoms with Crippen molar-refractivity contribution in [2.75, 3.05) is 12.3 Å². The van der Waals surface area contributed by atoms with Gasteiger partial charge in [-0.3, -0.25) is 4.98 Å². The lowest BCUT2D eigenvalue weighted by Crippen LogP contribution is -2.41. The molecular weight excluding hydrogens is 368 g/mol. The first-order valence-electron chi connectivity index (χ1n) is 9.66. The number of sulfonamides is 1. The van der Waals surface area contributed by atoms with Gasteiger partial charge in [-0.15, -0.1) is 0 Å². The lowest BCUT2D eigenvalue weighted by Gasteiger charge is -2.36. The van der Waals surface area contributed by atoms with E-state index in [0.29, 0.717) is 13.0 Å². The summed E-state index contributed by atoms with van der Waals surface area (Å²) in [6.45, 7) is 0.512. The van der Waals surface area contributed by atoms with Crippen molar-refractivity contribution in [3.05, 3.63) is 101 Å². The number of pyridine rings is 1. The Balaban J connectivity index is 1.59. The largest absolute Gasteiger partial charge is 0.265 e. The number of rotatable bonds is 6. The molecule has 2 heterocycles. The van der Waals surface area contributed by atoms with E-state index in [1.54, 1.807) is 16.7 Å². The van der Waals surface area contributed by atoms with Crippen LogP contribution in [0.4, 0.5) is 0 Å². The predicted octanol–water partition coefficient (Wildman–Crippen LogP) is 3.99. The van der Waals surface area contributed by atoms with Gasteiger partial charge in [0.25, 0.3) is 0 Å². The SMILES string of the molecule is O=S(=O)(CCCc1ccccc1)N1CCc2ccccc2C1c1ccncc1. The number of benzene rings is 2. The van der Waals surface area contributed by atoms with E-state index in [1.165, 1.54) is 11.1 Å². The van der Waals surface area contributed by atoms with Gasteiger partial charge in [-0.1, -0.05) is 54.6 Å². The average Bonchev–Trinajstić information content (AvgIpc) is 2.74. The normalized spacial score (nSPS) is 17.2. The Morgan fingerprint density at radius 1 is 0.929 bits per heavy atom. The average molecular weight is 393 g/mol.